The van der Waals surface area contributed by atoms with E-state index in [4.69, 9.17) is 9.47 Å². The third-order valence-corrected chi connectivity index (χ3v) is 2.73. The molecule has 0 unspecified atom stereocenters. The first kappa shape index (κ1) is 16.3. The molecule has 0 aliphatic heterocycles. The molecule has 0 radical (unpaired) electrons. The Balaban J connectivity index is 2.22. The fourth-order valence-electron chi connectivity index (χ4n) is 1.65. The molecule has 6 heteroatoms. The third kappa shape index (κ3) is 5.90. The monoisotopic (exact) mass is 282 g/mol. The summed E-state index contributed by atoms with van der Waals surface area (Å²) in [5.41, 5.74) is 0.986. The zero-order valence-electron chi connectivity index (χ0n) is 11.9. The number of ether oxygens (including phenoxy) is 2. The van der Waals surface area contributed by atoms with Crippen LogP contribution in [-0.2, 0) is 16.1 Å². The first-order valence-corrected chi connectivity index (χ1v) is 6.49. The maximum Gasteiger partial charge on any atom is 0.221 e. The molecule has 0 saturated carbocycles. The quantitative estimate of drug-likeness (QED) is 0.579. The second-order valence-electron chi connectivity index (χ2n) is 4.28. The highest BCUT2D eigenvalue weighted by Gasteiger charge is 2.03. The minimum absolute atomic E-state index is 0.00200. The number of hydrogen-bond donors (Lipinski definition) is 3. The summed E-state index contributed by atoms with van der Waals surface area (Å²) in [5, 5.41) is 15.4. The number of carbonyl (C=O) groups excluding carboxylic acids is 1. The molecule has 1 rings (SSSR count). The molecule has 0 heterocycles. The van der Waals surface area contributed by atoms with E-state index in [9.17, 15) is 9.90 Å². The molecule has 1 aromatic carbocycles. The molecule has 0 fully saturated rings. The van der Waals surface area contributed by atoms with Crippen molar-refractivity contribution < 1.29 is 19.4 Å². The summed E-state index contributed by atoms with van der Waals surface area (Å²) in [7, 11) is 3.11. The number of aromatic hydroxyl groups is 1. The van der Waals surface area contributed by atoms with Crippen molar-refractivity contribution in [2.24, 2.45) is 0 Å². The lowest BCUT2D eigenvalue weighted by atomic mass is 10.2. The van der Waals surface area contributed by atoms with Gasteiger partial charge >= 0.3 is 0 Å². The van der Waals surface area contributed by atoms with Gasteiger partial charge in [-0.1, -0.05) is 6.07 Å². The van der Waals surface area contributed by atoms with Gasteiger partial charge in [0.2, 0.25) is 5.91 Å². The average Bonchev–Trinajstić information content (AvgIpc) is 2.45. The van der Waals surface area contributed by atoms with E-state index in [1.807, 2.05) is 6.07 Å². The highest BCUT2D eigenvalue weighted by Crippen LogP contribution is 2.25. The van der Waals surface area contributed by atoms with E-state index in [1.54, 1.807) is 19.2 Å². The second-order valence-corrected chi connectivity index (χ2v) is 4.28. The molecule has 3 N–H and O–H groups in total. The van der Waals surface area contributed by atoms with Crippen molar-refractivity contribution in [1.29, 1.82) is 0 Å². The molecule has 0 aliphatic rings. The van der Waals surface area contributed by atoms with Gasteiger partial charge in [-0.15, -0.1) is 0 Å². The van der Waals surface area contributed by atoms with Gasteiger partial charge in [0.1, 0.15) is 0 Å². The van der Waals surface area contributed by atoms with Gasteiger partial charge < -0.3 is 25.2 Å². The van der Waals surface area contributed by atoms with Crippen LogP contribution < -0.4 is 15.4 Å². The summed E-state index contributed by atoms with van der Waals surface area (Å²) in [5.74, 6) is 0.563. The number of rotatable bonds is 9. The zero-order chi connectivity index (χ0) is 14.8. The summed E-state index contributed by atoms with van der Waals surface area (Å²) in [6.45, 7) is 2.25. The van der Waals surface area contributed by atoms with Crippen LogP contribution in [0.3, 0.4) is 0 Å². The smallest absolute Gasteiger partial charge is 0.221 e. The lowest BCUT2D eigenvalue weighted by Crippen LogP contribution is -2.29. The van der Waals surface area contributed by atoms with Crippen LogP contribution in [0.5, 0.6) is 11.5 Å². The van der Waals surface area contributed by atoms with E-state index in [0.717, 1.165) is 5.56 Å². The van der Waals surface area contributed by atoms with E-state index < -0.39 is 0 Å². The summed E-state index contributed by atoms with van der Waals surface area (Å²) >= 11 is 0. The Kier molecular flexibility index (Phi) is 7.46. The van der Waals surface area contributed by atoms with Gasteiger partial charge in [-0.05, 0) is 17.7 Å². The Morgan fingerprint density at radius 3 is 2.80 bits per heavy atom. The van der Waals surface area contributed by atoms with Gasteiger partial charge in [0, 0.05) is 33.2 Å². The van der Waals surface area contributed by atoms with Crippen LogP contribution in [0.2, 0.25) is 0 Å². The largest absolute Gasteiger partial charge is 0.504 e. The topological polar surface area (TPSA) is 79.8 Å². The molecule has 6 nitrogen and oxygen atoms in total. The summed E-state index contributed by atoms with van der Waals surface area (Å²) in [6, 6.07) is 5.16. The van der Waals surface area contributed by atoms with Gasteiger partial charge in [-0.25, -0.2) is 0 Å². The average molecular weight is 282 g/mol. The first-order chi connectivity index (χ1) is 9.67. The van der Waals surface area contributed by atoms with Crippen molar-refractivity contribution in [3.05, 3.63) is 23.8 Å². The fourth-order valence-corrected chi connectivity index (χ4v) is 1.65. The molecule has 1 amide bonds. The molecular formula is C14H22N2O4. The van der Waals surface area contributed by atoms with E-state index in [2.05, 4.69) is 10.6 Å². The lowest BCUT2D eigenvalue weighted by Gasteiger charge is -2.08. The van der Waals surface area contributed by atoms with Gasteiger partial charge in [0.25, 0.3) is 0 Å². The molecule has 1 aromatic rings. The molecule has 0 saturated heterocycles. The van der Waals surface area contributed by atoms with Gasteiger partial charge in [0.15, 0.2) is 11.5 Å². The number of carbonyl (C=O) groups is 1. The van der Waals surface area contributed by atoms with Crippen molar-refractivity contribution in [3.63, 3.8) is 0 Å². The van der Waals surface area contributed by atoms with Crippen LogP contribution >= 0.6 is 0 Å². The highest BCUT2D eigenvalue weighted by molar-refractivity contribution is 5.76. The van der Waals surface area contributed by atoms with Gasteiger partial charge in [-0.2, -0.15) is 0 Å². The number of nitrogens with one attached hydrogen (secondary N) is 2. The SMILES string of the molecule is COCCNC(=O)CCNCc1ccc(O)c(OC)c1. The predicted octanol–water partition coefficient (Wildman–Crippen LogP) is 0.643. The highest BCUT2D eigenvalue weighted by atomic mass is 16.5. The number of phenolic OH excluding ortho intramolecular Hbond substituents is 1. The van der Waals surface area contributed by atoms with E-state index in [-0.39, 0.29) is 11.7 Å². The summed E-state index contributed by atoms with van der Waals surface area (Å²) in [4.78, 5) is 11.4. The Bertz CT molecular complexity index is 424. The Morgan fingerprint density at radius 1 is 1.30 bits per heavy atom. The van der Waals surface area contributed by atoms with E-state index in [1.165, 1.54) is 7.11 Å². The molecule has 0 aliphatic carbocycles. The molecule has 20 heavy (non-hydrogen) atoms. The molecule has 112 valence electrons. The third-order valence-electron chi connectivity index (χ3n) is 2.73. The van der Waals surface area contributed by atoms with Crippen LogP contribution in [0, 0.1) is 0 Å². The minimum Gasteiger partial charge on any atom is -0.504 e. The number of methoxy groups -OCH3 is 2. The lowest BCUT2D eigenvalue weighted by molar-refractivity contribution is -0.121. The molecular weight excluding hydrogens is 260 g/mol. The number of phenols is 1. The van der Waals surface area contributed by atoms with Crippen molar-refractivity contribution in [2.75, 3.05) is 33.9 Å². The van der Waals surface area contributed by atoms with Crippen LogP contribution in [0.4, 0.5) is 0 Å². The predicted molar refractivity (Wildman–Crippen MR) is 75.9 cm³/mol. The van der Waals surface area contributed by atoms with Crippen molar-refractivity contribution in [1.82, 2.24) is 10.6 Å². The second kappa shape index (κ2) is 9.17. The van der Waals surface area contributed by atoms with Crippen LogP contribution in [0.25, 0.3) is 0 Å². The maximum absolute atomic E-state index is 11.4. The van der Waals surface area contributed by atoms with Gasteiger partial charge in [-0.3, -0.25) is 4.79 Å². The van der Waals surface area contributed by atoms with Crippen LogP contribution in [0.1, 0.15) is 12.0 Å². The van der Waals surface area contributed by atoms with Crippen molar-refractivity contribution in [2.45, 2.75) is 13.0 Å². The van der Waals surface area contributed by atoms with Crippen molar-refractivity contribution in [3.8, 4) is 11.5 Å². The Hall–Kier alpha value is -1.79. The summed E-state index contributed by atoms with van der Waals surface area (Å²) in [6.07, 6.45) is 0.416. The van der Waals surface area contributed by atoms with Crippen LogP contribution in [0.15, 0.2) is 18.2 Å². The molecule has 0 atom stereocenters. The van der Waals surface area contributed by atoms with E-state index in [0.29, 0.717) is 38.4 Å². The van der Waals surface area contributed by atoms with Gasteiger partial charge in [0.05, 0.1) is 13.7 Å². The molecule has 0 aromatic heterocycles. The van der Waals surface area contributed by atoms with E-state index >= 15 is 0 Å². The number of amides is 1. The molecule has 0 spiro atoms. The summed E-state index contributed by atoms with van der Waals surface area (Å²) < 4.78 is 9.88. The zero-order valence-corrected chi connectivity index (χ0v) is 11.9. The maximum atomic E-state index is 11.4. The molecule has 0 bridgehead atoms. The number of benzene rings is 1. The Labute approximate surface area is 119 Å². The normalized spacial score (nSPS) is 10.3. The minimum atomic E-state index is -0.00200. The fraction of sp³-hybridized carbons (Fsp3) is 0.500. The first-order valence-electron chi connectivity index (χ1n) is 6.49. The standard InChI is InChI=1S/C14H22N2O4/c1-19-8-7-16-14(18)5-6-15-10-11-3-4-12(17)13(9-11)20-2/h3-4,9,15,17H,5-8,10H2,1-2H3,(H,16,18). The Morgan fingerprint density at radius 2 is 2.10 bits per heavy atom. The van der Waals surface area contributed by atoms with Crippen molar-refractivity contribution >= 4 is 5.91 Å². The van der Waals surface area contributed by atoms with Crippen LogP contribution in [-0.4, -0.2) is 44.9 Å². The number of hydrogen-bond acceptors (Lipinski definition) is 5.